The maximum absolute atomic E-state index is 5.82. The average Bonchev–Trinajstić information content (AvgIpc) is 3.23. The highest BCUT2D eigenvalue weighted by Gasteiger charge is 2.16. The number of hydrogen-bond acceptors (Lipinski definition) is 2. The van der Waals surface area contributed by atoms with Gasteiger partial charge in [0.2, 0.25) is 0 Å². The van der Waals surface area contributed by atoms with Crippen LogP contribution in [0.25, 0.3) is 0 Å². The molecule has 3 heteroatoms. The number of ether oxygens (including phenoxy) is 1. The fraction of sp³-hybridized carbons (Fsp3) is 0.360. The van der Waals surface area contributed by atoms with Gasteiger partial charge in [-0.2, -0.15) is 0 Å². The monoisotopic (exact) mass is 394 g/mol. The van der Waals surface area contributed by atoms with Gasteiger partial charge in [-0.05, 0) is 67.8 Å². The highest BCUT2D eigenvalue weighted by atomic mass is 32.1. The van der Waals surface area contributed by atoms with E-state index in [1.54, 1.807) is 0 Å². The van der Waals surface area contributed by atoms with Crippen molar-refractivity contribution in [3.63, 3.8) is 0 Å². The fourth-order valence-corrected chi connectivity index (χ4v) is 4.37. The minimum absolute atomic E-state index is 0.208. The molecule has 1 heterocycles. The van der Waals surface area contributed by atoms with Crippen LogP contribution in [0.15, 0.2) is 72.1 Å². The normalized spacial score (nSPS) is 13.4. The minimum Gasteiger partial charge on any atom is -0.491 e. The Kier molecular flexibility index (Phi) is 7.70. The summed E-state index contributed by atoms with van der Waals surface area (Å²) in [5.74, 6) is 1.47. The van der Waals surface area contributed by atoms with Crippen LogP contribution < -0.4 is 10.1 Å². The number of thiophene rings is 1. The smallest absolute Gasteiger partial charge is 0.119 e. The largest absolute Gasteiger partial charge is 0.491 e. The molecule has 0 spiro atoms. The summed E-state index contributed by atoms with van der Waals surface area (Å²) in [6.45, 7) is 7.56. The third-order valence-electron chi connectivity index (χ3n) is 5.08. The summed E-state index contributed by atoms with van der Waals surface area (Å²) in [4.78, 5) is 1.45. The molecular weight excluding hydrogens is 362 g/mol. The van der Waals surface area contributed by atoms with Gasteiger partial charge in [-0.1, -0.05) is 48.5 Å². The maximum atomic E-state index is 5.82. The molecule has 2 N–H and O–H groups in total. The van der Waals surface area contributed by atoms with Gasteiger partial charge >= 0.3 is 0 Å². The lowest BCUT2D eigenvalue weighted by Crippen LogP contribution is -2.84. The van der Waals surface area contributed by atoms with Gasteiger partial charge in [-0.15, -0.1) is 11.3 Å². The first-order chi connectivity index (χ1) is 13.6. The van der Waals surface area contributed by atoms with E-state index >= 15 is 0 Å². The van der Waals surface area contributed by atoms with E-state index in [4.69, 9.17) is 4.74 Å². The predicted molar refractivity (Wildman–Crippen MR) is 119 cm³/mol. The van der Waals surface area contributed by atoms with E-state index in [1.807, 2.05) is 11.3 Å². The molecule has 0 aliphatic carbocycles. The Morgan fingerprint density at radius 2 is 1.64 bits per heavy atom. The SMILES string of the molecule is CC(C)Oc1ccc([C@H](CC[NH2+][C@@H](C)c2cccs2)Cc2ccccc2)cc1. The van der Waals surface area contributed by atoms with E-state index in [-0.39, 0.29) is 6.10 Å². The van der Waals surface area contributed by atoms with Crippen LogP contribution in [0.1, 0.15) is 55.2 Å². The van der Waals surface area contributed by atoms with Gasteiger partial charge in [0.1, 0.15) is 11.8 Å². The lowest BCUT2D eigenvalue weighted by atomic mass is 9.89. The Bertz CT molecular complexity index is 796. The van der Waals surface area contributed by atoms with Crippen molar-refractivity contribution >= 4 is 11.3 Å². The molecule has 0 radical (unpaired) electrons. The zero-order chi connectivity index (χ0) is 19.8. The third-order valence-corrected chi connectivity index (χ3v) is 6.15. The van der Waals surface area contributed by atoms with E-state index in [0.29, 0.717) is 12.0 Å². The van der Waals surface area contributed by atoms with Gasteiger partial charge in [0, 0.05) is 6.42 Å². The summed E-state index contributed by atoms with van der Waals surface area (Å²) in [6.07, 6.45) is 2.45. The zero-order valence-corrected chi connectivity index (χ0v) is 18.0. The van der Waals surface area contributed by atoms with Crippen LogP contribution in [0.3, 0.4) is 0 Å². The Labute approximate surface area is 173 Å². The molecular formula is C25H32NOS+. The molecule has 2 aromatic carbocycles. The molecule has 0 aliphatic rings. The molecule has 0 saturated carbocycles. The lowest BCUT2D eigenvalue weighted by molar-refractivity contribution is -0.692. The summed E-state index contributed by atoms with van der Waals surface area (Å²) >= 11 is 1.85. The predicted octanol–water partition coefficient (Wildman–Crippen LogP) is 5.58. The summed E-state index contributed by atoms with van der Waals surface area (Å²) in [5, 5.41) is 4.64. The van der Waals surface area contributed by atoms with Crippen molar-refractivity contribution in [2.45, 2.75) is 51.7 Å². The highest BCUT2D eigenvalue weighted by Crippen LogP contribution is 2.26. The first kappa shape index (κ1) is 20.6. The average molecular weight is 395 g/mol. The number of quaternary nitrogens is 1. The van der Waals surface area contributed by atoms with E-state index in [2.05, 4.69) is 98.2 Å². The summed E-state index contributed by atoms with van der Waals surface area (Å²) in [5.41, 5.74) is 2.80. The van der Waals surface area contributed by atoms with E-state index in [9.17, 15) is 0 Å². The molecule has 0 unspecified atom stereocenters. The van der Waals surface area contributed by atoms with Gasteiger partial charge < -0.3 is 10.1 Å². The molecule has 3 rings (SSSR count). The summed E-state index contributed by atoms with van der Waals surface area (Å²) < 4.78 is 5.82. The topological polar surface area (TPSA) is 25.8 Å². The Balaban J connectivity index is 1.66. The van der Waals surface area contributed by atoms with Crippen LogP contribution in [0.2, 0.25) is 0 Å². The number of hydrogen-bond donors (Lipinski definition) is 1. The van der Waals surface area contributed by atoms with Gasteiger partial charge in [0.15, 0.2) is 0 Å². The molecule has 2 nitrogen and oxygen atoms in total. The molecule has 1 aromatic heterocycles. The Hall–Kier alpha value is -2.10. The van der Waals surface area contributed by atoms with Gasteiger partial charge in [0.25, 0.3) is 0 Å². The molecule has 0 amide bonds. The molecule has 0 fully saturated rings. The second kappa shape index (κ2) is 10.4. The zero-order valence-electron chi connectivity index (χ0n) is 17.2. The molecule has 2 atom stereocenters. The van der Waals surface area contributed by atoms with Gasteiger partial charge in [-0.3, -0.25) is 0 Å². The first-order valence-electron chi connectivity index (χ1n) is 10.3. The molecule has 0 aliphatic heterocycles. The van der Waals surface area contributed by atoms with Crippen molar-refractivity contribution in [3.8, 4) is 5.75 Å². The van der Waals surface area contributed by atoms with Crippen molar-refractivity contribution in [2.24, 2.45) is 0 Å². The van der Waals surface area contributed by atoms with Crippen LogP contribution in [-0.4, -0.2) is 12.6 Å². The number of nitrogens with two attached hydrogens (primary N) is 1. The Morgan fingerprint density at radius 3 is 2.29 bits per heavy atom. The van der Waals surface area contributed by atoms with Crippen LogP contribution in [-0.2, 0) is 6.42 Å². The fourth-order valence-electron chi connectivity index (χ4n) is 3.59. The summed E-state index contributed by atoms with van der Waals surface area (Å²) in [7, 11) is 0. The van der Waals surface area contributed by atoms with Crippen molar-refractivity contribution < 1.29 is 10.1 Å². The van der Waals surface area contributed by atoms with Crippen LogP contribution >= 0.6 is 11.3 Å². The number of benzene rings is 2. The standard InChI is InChI=1S/C25H31NOS/c1-19(2)27-24-13-11-22(12-14-24)23(18-21-8-5-4-6-9-21)15-16-26-20(3)25-10-7-17-28-25/h4-14,17,19-20,23,26H,15-16,18H2,1-3H3/p+1/t20-,23+/m0/s1. The third kappa shape index (κ3) is 6.22. The van der Waals surface area contributed by atoms with Gasteiger partial charge in [0.05, 0.1) is 17.5 Å². The van der Waals surface area contributed by atoms with E-state index in [1.165, 1.54) is 16.0 Å². The number of rotatable bonds is 10. The van der Waals surface area contributed by atoms with Crippen molar-refractivity contribution in [3.05, 3.63) is 88.1 Å². The van der Waals surface area contributed by atoms with Crippen molar-refractivity contribution in [1.82, 2.24) is 0 Å². The van der Waals surface area contributed by atoms with Crippen LogP contribution in [0.5, 0.6) is 5.75 Å². The quantitative estimate of drug-likeness (QED) is 0.477. The molecule has 28 heavy (non-hydrogen) atoms. The second-order valence-electron chi connectivity index (χ2n) is 7.74. The molecule has 148 valence electrons. The van der Waals surface area contributed by atoms with Crippen LogP contribution in [0.4, 0.5) is 0 Å². The molecule has 0 bridgehead atoms. The molecule has 3 aromatic rings. The van der Waals surface area contributed by atoms with E-state index in [0.717, 1.165) is 25.1 Å². The molecule has 0 saturated heterocycles. The second-order valence-corrected chi connectivity index (χ2v) is 8.72. The van der Waals surface area contributed by atoms with Crippen molar-refractivity contribution in [1.29, 1.82) is 0 Å². The van der Waals surface area contributed by atoms with Gasteiger partial charge in [-0.25, -0.2) is 0 Å². The Morgan fingerprint density at radius 1 is 0.893 bits per heavy atom. The highest BCUT2D eigenvalue weighted by molar-refractivity contribution is 7.10. The summed E-state index contributed by atoms with van der Waals surface area (Å²) in [6, 6.07) is 24.5. The maximum Gasteiger partial charge on any atom is 0.119 e. The first-order valence-corrected chi connectivity index (χ1v) is 11.2. The van der Waals surface area contributed by atoms with Crippen molar-refractivity contribution in [2.75, 3.05) is 6.54 Å². The minimum atomic E-state index is 0.208. The lowest BCUT2D eigenvalue weighted by Gasteiger charge is -2.19. The van der Waals surface area contributed by atoms with E-state index < -0.39 is 0 Å². The van der Waals surface area contributed by atoms with Crippen LogP contribution in [0, 0.1) is 0 Å².